The smallest absolute Gasteiger partial charge is 0.308 e. The lowest BCUT2D eigenvalue weighted by Gasteiger charge is -2.11. The Balaban J connectivity index is 2.23. The number of thioether (sulfide) groups is 1. The van der Waals surface area contributed by atoms with Crippen LogP contribution >= 0.6 is 11.8 Å². The molecule has 1 heterocycles. The summed E-state index contributed by atoms with van der Waals surface area (Å²) in [4.78, 5) is 21.9. The van der Waals surface area contributed by atoms with Gasteiger partial charge in [-0.1, -0.05) is 6.92 Å². The first-order chi connectivity index (χ1) is 6.61. The number of nitrogens with one attached hydrogen (secondary N) is 1. The van der Waals surface area contributed by atoms with Gasteiger partial charge in [-0.25, -0.2) is 0 Å². The fraction of sp³-hybridized carbons (Fsp3) is 0.778. The molecule has 1 aliphatic heterocycles. The van der Waals surface area contributed by atoms with Gasteiger partial charge in [-0.3, -0.25) is 9.59 Å². The van der Waals surface area contributed by atoms with Crippen LogP contribution in [0.5, 0.6) is 0 Å². The molecular formula is C9H15NO3S. The third-order valence-corrected chi connectivity index (χ3v) is 3.60. The highest BCUT2D eigenvalue weighted by Crippen LogP contribution is 2.25. The Morgan fingerprint density at radius 3 is 2.86 bits per heavy atom. The summed E-state index contributed by atoms with van der Waals surface area (Å²) in [5.41, 5.74) is 0. The van der Waals surface area contributed by atoms with Gasteiger partial charge in [0, 0.05) is 6.54 Å². The second kappa shape index (κ2) is 5.24. The van der Waals surface area contributed by atoms with E-state index < -0.39 is 11.9 Å². The molecule has 0 aliphatic carbocycles. The van der Waals surface area contributed by atoms with Crippen molar-refractivity contribution in [1.82, 2.24) is 5.32 Å². The topological polar surface area (TPSA) is 66.4 Å². The zero-order valence-corrected chi connectivity index (χ0v) is 8.97. The van der Waals surface area contributed by atoms with Crippen LogP contribution in [0.2, 0.25) is 0 Å². The van der Waals surface area contributed by atoms with E-state index in [2.05, 4.69) is 5.32 Å². The van der Waals surface area contributed by atoms with Crippen molar-refractivity contribution in [3.05, 3.63) is 0 Å². The molecule has 0 saturated carbocycles. The Hall–Kier alpha value is -0.710. The summed E-state index contributed by atoms with van der Waals surface area (Å²) in [7, 11) is 0. The van der Waals surface area contributed by atoms with Gasteiger partial charge in [0.05, 0.1) is 11.2 Å². The van der Waals surface area contributed by atoms with Crippen LogP contribution in [-0.2, 0) is 9.59 Å². The van der Waals surface area contributed by atoms with E-state index in [1.807, 2.05) is 0 Å². The summed E-state index contributed by atoms with van der Waals surface area (Å²) in [5.74, 6) is -0.359. The van der Waals surface area contributed by atoms with E-state index in [0.717, 1.165) is 18.6 Å². The highest BCUT2D eigenvalue weighted by molar-refractivity contribution is 8.00. The minimum absolute atomic E-state index is 0.0133. The van der Waals surface area contributed by atoms with Crippen molar-refractivity contribution >= 4 is 23.6 Å². The van der Waals surface area contributed by atoms with Crippen LogP contribution in [0.3, 0.4) is 0 Å². The summed E-state index contributed by atoms with van der Waals surface area (Å²) in [6.07, 6.45) is 2.00. The lowest BCUT2D eigenvalue weighted by molar-refractivity contribution is -0.141. The predicted octanol–water partition coefficient (Wildman–Crippen LogP) is 0.719. The molecule has 14 heavy (non-hydrogen) atoms. The van der Waals surface area contributed by atoms with Gasteiger partial charge in [-0.05, 0) is 18.6 Å². The average Bonchev–Trinajstić information content (AvgIpc) is 2.66. The molecule has 0 aromatic heterocycles. The van der Waals surface area contributed by atoms with Crippen molar-refractivity contribution in [3.8, 4) is 0 Å². The highest BCUT2D eigenvalue weighted by Gasteiger charge is 2.23. The normalized spacial score (nSPS) is 23.1. The maximum absolute atomic E-state index is 11.4. The fourth-order valence-electron chi connectivity index (χ4n) is 1.24. The average molecular weight is 217 g/mol. The Labute approximate surface area is 87.4 Å². The molecule has 0 radical (unpaired) electrons. The molecule has 2 N–H and O–H groups in total. The van der Waals surface area contributed by atoms with Crippen LogP contribution in [0.1, 0.15) is 19.8 Å². The molecule has 1 saturated heterocycles. The van der Waals surface area contributed by atoms with E-state index in [1.54, 1.807) is 18.7 Å². The van der Waals surface area contributed by atoms with Gasteiger partial charge in [0.2, 0.25) is 5.91 Å². The molecule has 1 aliphatic rings. The van der Waals surface area contributed by atoms with Gasteiger partial charge in [-0.15, -0.1) is 11.8 Å². The summed E-state index contributed by atoms with van der Waals surface area (Å²) in [5, 5.41) is 11.3. The Bertz CT molecular complexity index is 226. The van der Waals surface area contributed by atoms with Gasteiger partial charge in [0.25, 0.3) is 0 Å². The SMILES string of the molecule is CC(CNC(=O)C1CCCS1)C(=O)O. The number of rotatable bonds is 4. The second-order valence-electron chi connectivity index (χ2n) is 3.49. The van der Waals surface area contributed by atoms with E-state index in [1.165, 1.54) is 0 Å². The third kappa shape index (κ3) is 3.21. The number of carboxylic acid groups (broad SMARTS) is 1. The van der Waals surface area contributed by atoms with E-state index in [9.17, 15) is 9.59 Å². The zero-order chi connectivity index (χ0) is 10.6. The second-order valence-corrected chi connectivity index (χ2v) is 4.80. The van der Waals surface area contributed by atoms with Gasteiger partial charge >= 0.3 is 5.97 Å². The fourth-order valence-corrected chi connectivity index (χ4v) is 2.43. The van der Waals surface area contributed by atoms with Gasteiger partial charge in [0.15, 0.2) is 0 Å². The summed E-state index contributed by atoms with van der Waals surface area (Å²) >= 11 is 1.65. The van der Waals surface area contributed by atoms with Gasteiger partial charge in [0.1, 0.15) is 0 Å². The number of aliphatic carboxylic acids is 1. The monoisotopic (exact) mass is 217 g/mol. The first-order valence-electron chi connectivity index (χ1n) is 4.73. The highest BCUT2D eigenvalue weighted by atomic mass is 32.2. The van der Waals surface area contributed by atoms with Crippen LogP contribution in [0.15, 0.2) is 0 Å². The van der Waals surface area contributed by atoms with E-state index in [0.29, 0.717) is 0 Å². The van der Waals surface area contributed by atoms with Crippen LogP contribution < -0.4 is 5.32 Å². The number of carbonyl (C=O) groups excluding carboxylic acids is 1. The Morgan fingerprint density at radius 2 is 2.36 bits per heavy atom. The maximum Gasteiger partial charge on any atom is 0.308 e. The van der Waals surface area contributed by atoms with Gasteiger partial charge in [-0.2, -0.15) is 0 Å². The standard InChI is InChI=1S/C9H15NO3S/c1-6(9(12)13)5-10-8(11)7-3-2-4-14-7/h6-7H,2-5H2,1H3,(H,10,11)(H,12,13). The molecule has 0 bridgehead atoms. The number of hydrogen-bond acceptors (Lipinski definition) is 3. The minimum atomic E-state index is -0.871. The van der Waals surface area contributed by atoms with E-state index >= 15 is 0 Å². The van der Waals surface area contributed by atoms with Gasteiger partial charge < -0.3 is 10.4 Å². The molecule has 0 spiro atoms. The molecule has 2 atom stereocenters. The van der Waals surface area contributed by atoms with Crippen molar-refractivity contribution in [1.29, 1.82) is 0 Å². The quantitative estimate of drug-likeness (QED) is 0.728. The van der Waals surface area contributed by atoms with Crippen molar-refractivity contribution < 1.29 is 14.7 Å². The summed E-state index contributed by atoms with van der Waals surface area (Å²) < 4.78 is 0. The van der Waals surface area contributed by atoms with Crippen LogP contribution in [0.4, 0.5) is 0 Å². The first-order valence-corrected chi connectivity index (χ1v) is 5.78. The third-order valence-electron chi connectivity index (χ3n) is 2.23. The minimum Gasteiger partial charge on any atom is -0.481 e. The summed E-state index contributed by atoms with van der Waals surface area (Å²) in [6.45, 7) is 1.82. The summed E-state index contributed by atoms with van der Waals surface area (Å²) in [6, 6.07) is 0. The molecular weight excluding hydrogens is 202 g/mol. The van der Waals surface area contributed by atoms with Crippen LogP contribution in [0.25, 0.3) is 0 Å². The number of carbonyl (C=O) groups is 2. The van der Waals surface area contributed by atoms with Crippen molar-refractivity contribution in [2.24, 2.45) is 5.92 Å². The van der Waals surface area contributed by atoms with Crippen molar-refractivity contribution in [2.75, 3.05) is 12.3 Å². The molecule has 0 aromatic carbocycles. The predicted molar refractivity (Wildman–Crippen MR) is 55.3 cm³/mol. The van der Waals surface area contributed by atoms with E-state index in [-0.39, 0.29) is 17.7 Å². The molecule has 80 valence electrons. The first kappa shape index (κ1) is 11.4. The van der Waals surface area contributed by atoms with E-state index in [4.69, 9.17) is 5.11 Å². The molecule has 5 heteroatoms. The number of carboxylic acids is 1. The maximum atomic E-state index is 11.4. The largest absolute Gasteiger partial charge is 0.481 e. The molecule has 1 amide bonds. The van der Waals surface area contributed by atoms with Crippen LogP contribution in [-0.4, -0.2) is 34.5 Å². The Morgan fingerprint density at radius 1 is 1.64 bits per heavy atom. The lowest BCUT2D eigenvalue weighted by atomic mass is 10.2. The molecule has 2 unspecified atom stereocenters. The number of hydrogen-bond donors (Lipinski definition) is 2. The van der Waals surface area contributed by atoms with Crippen molar-refractivity contribution in [3.63, 3.8) is 0 Å². The molecule has 4 nitrogen and oxygen atoms in total. The Kier molecular flexibility index (Phi) is 4.25. The number of amides is 1. The molecule has 0 aromatic rings. The molecule has 1 rings (SSSR count). The van der Waals surface area contributed by atoms with Crippen LogP contribution in [0, 0.1) is 5.92 Å². The lowest BCUT2D eigenvalue weighted by Crippen LogP contribution is -2.36. The zero-order valence-electron chi connectivity index (χ0n) is 8.16. The molecule has 1 fully saturated rings. The van der Waals surface area contributed by atoms with Crippen molar-refractivity contribution in [2.45, 2.75) is 25.0 Å².